The third-order valence-electron chi connectivity index (χ3n) is 10.9. The molecule has 2 aromatic heterocycles. The molecule has 0 saturated heterocycles. The molecule has 0 bridgehead atoms. The smallest absolute Gasteiger partial charge is 0.159 e. The number of hydrogen-bond acceptors (Lipinski definition) is 3. The Morgan fingerprint density at radius 1 is 0.309 bits per heavy atom. The Morgan fingerprint density at radius 3 is 1.65 bits per heavy atom. The highest BCUT2D eigenvalue weighted by molar-refractivity contribution is 6.11. The fourth-order valence-corrected chi connectivity index (χ4v) is 8.24. The van der Waals surface area contributed by atoms with Gasteiger partial charge in [0.25, 0.3) is 0 Å². The highest BCUT2D eigenvalue weighted by atomic mass is 16.3. The van der Waals surface area contributed by atoms with Gasteiger partial charge >= 0.3 is 0 Å². The molecule has 0 amide bonds. The topological polar surface area (TPSA) is 29.5 Å². The van der Waals surface area contributed by atoms with Crippen LogP contribution in [0.5, 0.6) is 0 Å². The Balaban J connectivity index is 1.04. The Morgan fingerprint density at radius 2 is 0.836 bits per heavy atom. The molecule has 3 nitrogen and oxygen atoms in total. The van der Waals surface area contributed by atoms with Crippen molar-refractivity contribution in [2.45, 2.75) is 0 Å². The van der Waals surface area contributed by atoms with Crippen LogP contribution in [-0.2, 0) is 0 Å². The van der Waals surface area contributed by atoms with Gasteiger partial charge in [-0.15, -0.1) is 0 Å². The van der Waals surface area contributed by atoms with Gasteiger partial charge in [-0.1, -0.05) is 152 Å². The van der Waals surface area contributed by atoms with Gasteiger partial charge in [-0.05, 0) is 87.1 Å². The molecule has 9 aromatic carbocycles. The molecule has 2 heterocycles. The number of rotatable bonds is 6. The lowest BCUT2D eigenvalue weighted by atomic mass is 9.96. The predicted molar refractivity (Wildman–Crippen MR) is 229 cm³/mol. The third-order valence-corrected chi connectivity index (χ3v) is 10.9. The van der Waals surface area contributed by atoms with Gasteiger partial charge in [-0.3, -0.25) is 0 Å². The summed E-state index contributed by atoms with van der Waals surface area (Å²) in [5, 5.41) is 6.94. The van der Waals surface area contributed by atoms with E-state index in [9.17, 15) is 0 Å². The molecule has 55 heavy (non-hydrogen) atoms. The molecule has 3 heteroatoms. The number of fused-ring (bicyclic) bond motifs is 7. The van der Waals surface area contributed by atoms with Gasteiger partial charge in [0.15, 0.2) is 5.58 Å². The van der Waals surface area contributed by atoms with Crippen LogP contribution in [0.4, 0.5) is 17.1 Å². The monoisotopic (exact) mass is 703 g/mol. The van der Waals surface area contributed by atoms with E-state index in [0.717, 1.165) is 77.6 Å². The average Bonchev–Trinajstić information content (AvgIpc) is 3.83. The predicted octanol–water partition coefficient (Wildman–Crippen LogP) is 15.1. The van der Waals surface area contributed by atoms with Gasteiger partial charge in [0, 0.05) is 32.8 Å². The zero-order chi connectivity index (χ0) is 36.3. The van der Waals surface area contributed by atoms with E-state index in [0.29, 0.717) is 0 Å². The zero-order valence-electron chi connectivity index (χ0n) is 29.8. The van der Waals surface area contributed by atoms with Crippen molar-refractivity contribution >= 4 is 71.7 Å². The summed E-state index contributed by atoms with van der Waals surface area (Å²) in [4.78, 5) is 2.33. The largest absolute Gasteiger partial charge is 0.456 e. The van der Waals surface area contributed by atoms with E-state index in [2.05, 4.69) is 181 Å². The number of benzene rings is 9. The highest BCUT2D eigenvalue weighted by Gasteiger charge is 2.22. The fourth-order valence-electron chi connectivity index (χ4n) is 8.24. The van der Waals surface area contributed by atoms with Crippen LogP contribution in [0.1, 0.15) is 0 Å². The molecule has 0 radical (unpaired) electrons. The maximum absolute atomic E-state index is 6.66. The summed E-state index contributed by atoms with van der Waals surface area (Å²) >= 11 is 0. The first-order valence-corrected chi connectivity index (χ1v) is 18.7. The van der Waals surface area contributed by atoms with Crippen LogP contribution >= 0.6 is 0 Å². The minimum absolute atomic E-state index is 0.847. The van der Waals surface area contributed by atoms with Crippen molar-refractivity contribution in [2.75, 3.05) is 4.90 Å². The van der Waals surface area contributed by atoms with Crippen molar-refractivity contribution in [3.8, 4) is 33.4 Å². The van der Waals surface area contributed by atoms with Crippen LogP contribution < -0.4 is 4.90 Å². The van der Waals surface area contributed by atoms with Gasteiger partial charge < -0.3 is 13.7 Å². The first-order valence-electron chi connectivity index (χ1n) is 18.7. The summed E-state index contributed by atoms with van der Waals surface area (Å²) in [5.41, 5.74) is 13.5. The summed E-state index contributed by atoms with van der Waals surface area (Å²) in [6, 6.07) is 70.9. The Bertz CT molecular complexity index is 3200. The van der Waals surface area contributed by atoms with Gasteiger partial charge in [0.05, 0.1) is 11.4 Å². The van der Waals surface area contributed by atoms with Crippen LogP contribution in [-0.4, -0.2) is 0 Å². The first-order chi connectivity index (χ1) is 27.3. The SMILES string of the molecule is c1ccc(N(c2ccc(-c3ccc(-c4cccc5ccccc45)cc3)cc2)c2cccc3c2oc2ccccc23)c(-c2ccc3c(c2)oc2ccccc23)c1. The number of hydrogen-bond donors (Lipinski definition) is 0. The van der Waals surface area contributed by atoms with Crippen LogP contribution in [0.2, 0.25) is 0 Å². The number of furan rings is 2. The lowest BCUT2D eigenvalue weighted by Gasteiger charge is -2.28. The molecular weight excluding hydrogens is 671 g/mol. The molecule has 0 N–H and O–H groups in total. The van der Waals surface area contributed by atoms with Crippen molar-refractivity contribution in [3.05, 3.63) is 200 Å². The van der Waals surface area contributed by atoms with Crippen molar-refractivity contribution in [3.63, 3.8) is 0 Å². The second-order valence-corrected chi connectivity index (χ2v) is 14.1. The van der Waals surface area contributed by atoms with Crippen LogP contribution in [0.25, 0.3) is 88.0 Å². The fraction of sp³-hybridized carbons (Fsp3) is 0. The van der Waals surface area contributed by atoms with Crippen molar-refractivity contribution in [1.29, 1.82) is 0 Å². The molecule has 0 aliphatic rings. The first kappa shape index (κ1) is 31.2. The maximum atomic E-state index is 6.66. The molecule has 0 spiro atoms. The third kappa shape index (κ3) is 5.20. The molecule has 0 saturated carbocycles. The minimum Gasteiger partial charge on any atom is -0.456 e. The molecule has 0 aliphatic heterocycles. The summed E-state index contributed by atoms with van der Waals surface area (Å²) in [6.45, 7) is 0. The molecule has 0 unspecified atom stereocenters. The van der Waals surface area contributed by atoms with E-state index in [1.807, 2.05) is 24.3 Å². The lowest BCUT2D eigenvalue weighted by molar-refractivity contribution is 0.668. The number of anilines is 3. The van der Waals surface area contributed by atoms with E-state index in [1.54, 1.807) is 0 Å². The minimum atomic E-state index is 0.847. The standard InChI is InChI=1S/C52H33NO2/c1-2-13-40-36(11-1)12-9-17-41(40)37-25-23-34(24-26-37)35-27-30-39(31-28-35)53(48-20-10-18-46-44-16-5-8-22-50(44)55-52(46)48)47-19-6-3-14-42(47)38-29-32-45-43-15-4-7-21-49(43)54-51(45)33-38/h1-33H. The van der Waals surface area contributed by atoms with Gasteiger partial charge in [0.1, 0.15) is 16.7 Å². The Hall–Kier alpha value is -7.36. The molecular formula is C52H33NO2. The Labute approximate surface area is 317 Å². The highest BCUT2D eigenvalue weighted by Crippen LogP contribution is 2.46. The summed E-state index contributed by atoms with van der Waals surface area (Å²) < 4.78 is 13.0. The normalized spacial score (nSPS) is 11.6. The summed E-state index contributed by atoms with van der Waals surface area (Å²) in [7, 11) is 0. The second-order valence-electron chi connectivity index (χ2n) is 14.1. The van der Waals surface area contributed by atoms with E-state index in [-0.39, 0.29) is 0 Å². The number of nitrogens with zero attached hydrogens (tertiary/aromatic N) is 1. The van der Waals surface area contributed by atoms with Gasteiger partial charge in [-0.2, -0.15) is 0 Å². The van der Waals surface area contributed by atoms with Crippen LogP contribution in [0.15, 0.2) is 209 Å². The van der Waals surface area contributed by atoms with Crippen molar-refractivity contribution in [1.82, 2.24) is 0 Å². The summed E-state index contributed by atoms with van der Waals surface area (Å²) in [6.07, 6.45) is 0. The van der Waals surface area contributed by atoms with E-state index in [4.69, 9.17) is 8.83 Å². The quantitative estimate of drug-likeness (QED) is 0.173. The molecule has 11 aromatic rings. The molecule has 11 rings (SSSR count). The van der Waals surface area contributed by atoms with Crippen molar-refractivity contribution < 1.29 is 8.83 Å². The van der Waals surface area contributed by atoms with Crippen LogP contribution in [0, 0.1) is 0 Å². The molecule has 0 aliphatic carbocycles. The average molecular weight is 704 g/mol. The molecule has 0 atom stereocenters. The second kappa shape index (κ2) is 12.6. The molecule has 258 valence electrons. The van der Waals surface area contributed by atoms with Crippen molar-refractivity contribution in [2.24, 2.45) is 0 Å². The molecule has 0 fully saturated rings. The Kier molecular flexibility index (Phi) is 7.17. The van der Waals surface area contributed by atoms with Gasteiger partial charge in [0.2, 0.25) is 0 Å². The van der Waals surface area contributed by atoms with Crippen LogP contribution in [0.3, 0.4) is 0 Å². The summed E-state index contributed by atoms with van der Waals surface area (Å²) in [5.74, 6) is 0. The van der Waals surface area contributed by atoms with E-state index in [1.165, 1.54) is 27.5 Å². The zero-order valence-corrected chi connectivity index (χ0v) is 29.8. The number of para-hydroxylation sites is 4. The lowest BCUT2D eigenvalue weighted by Crippen LogP contribution is -2.11. The van der Waals surface area contributed by atoms with Gasteiger partial charge in [-0.25, -0.2) is 0 Å². The van der Waals surface area contributed by atoms with E-state index < -0.39 is 0 Å². The maximum Gasteiger partial charge on any atom is 0.159 e. The van der Waals surface area contributed by atoms with E-state index >= 15 is 0 Å².